The number of rotatable bonds is 5. The van der Waals surface area contributed by atoms with Crippen molar-refractivity contribution < 1.29 is 9.90 Å². The van der Waals surface area contributed by atoms with Gasteiger partial charge in [-0.3, -0.25) is 4.79 Å². The van der Waals surface area contributed by atoms with Crippen molar-refractivity contribution in [2.24, 2.45) is 0 Å². The minimum absolute atomic E-state index is 0.228. The summed E-state index contributed by atoms with van der Waals surface area (Å²) >= 11 is 6.35. The number of carbonyl (C=O) groups is 1. The van der Waals surface area contributed by atoms with Gasteiger partial charge in [-0.05, 0) is 25.3 Å². The highest BCUT2D eigenvalue weighted by atomic mass is 35.5. The predicted molar refractivity (Wildman–Crippen MR) is 108 cm³/mol. The molecule has 2 heterocycles. The first-order chi connectivity index (χ1) is 13.5. The summed E-state index contributed by atoms with van der Waals surface area (Å²) < 4.78 is 2.06. The molecule has 1 saturated carbocycles. The van der Waals surface area contributed by atoms with Crippen LogP contribution in [-0.4, -0.2) is 32.2 Å². The number of aliphatic hydroxyl groups excluding tert-OH is 1. The van der Waals surface area contributed by atoms with E-state index in [0.717, 1.165) is 18.4 Å². The second kappa shape index (κ2) is 7.53. The second-order valence-electron chi connectivity index (χ2n) is 7.56. The van der Waals surface area contributed by atoms with Crippen molar-refractivity contribution in [1.29, 1.82) is 0 Å². The molecule has 1 amide bonds. The van der Waals surface area contributed by atoms with Gasteiger partial charge < -0.3 is 15.0 Å². The van der Waals surface area contributed by atoms with E-state index in [-0.39, 0.29) is 17.7 Å². The molecule has 1 aromatic carbocycles. The Morgan fingerprint density at radius 3 is 2.68 bits per heavy atom. The van der Waals surface area contributed by atoms with Crippen LogP contribution in [0.4, 0.5) is 0 Å². The van der Waals surface area contributed by atoms with E-state index in [2.05, 4.69) is 19.9 Å². The Balaban J connectivity index is 1.75. The van der Waals surface area contributed by atoms with E-state index in [1.54, 1.807) is 6.92 Å². The van der Waals surface area contributed by atoms with Gasteiger partial charge in [0, 0.05) is 12.2 Å². The molecule has 6 nitrogen and oxygen atoms in total. The summed E-state index contributed by atoms with van der Waals surface area (Å²) in [6, 6.07) is 9.74. The number of hydrogen-bond acceptors (Lipinski definition) is 4. The maximum atomic E-state index is 13.2. The zero-order valence-corrected chi connectivity index (χ0v) is 16.5. The van der Waals surface area contributed by atoms with Crippen molar-refractivity contribution in [3.63, 3.8) is 0 Å². The fourth-order valence-corrected chi connectivity index (χ4v) is 4.24. The molecule has 4 rings (SSSR count). The molecule has 1 fully saturated rings. The summed E-state index contributed by atoms with van der Waals surface area (Å²) in [6.45, 7) is 1.57. The fraction of sp³-hybridized carbons (Fsp3) is 0.381. The normalized spacial score (nSPS) is 17.0. The third-order valence-corrected chi connectivity index (χ3v) is 5.93. The predicted octanol–water partition coefficient (Wildman–Crippen LogP) is 3.84. The van der Waals surface area contributed by atoms with Crippen LogP contribution in [0.1, 0.15) is 54.6 Å². The van der Waals surface area contributed by atoms with E-state index in [1.165, 1.54) is 19.2 Å². The topological polar surface area (TPSA) is 80.0 Å². The lowest BCUT2D eigenvalue weighted by Crippen LogP contribution is -2.46. The highest BCUT2D eigenvalue weighted by molar-refractivity contribution is 6.35. The number of nitrogens with one attached hydrogen (secondary N) is 1. The van der Waals surface area contributed by atoms with Gasteiger partial charge in [0.15, 0.2) is 0 Å². The van der Waals surface area contributed by atoms with Crippen LogP contribution in [0.2, 0.25) is 5.15 Å². The Morgan fingerprint density at radius 1 is 1.29 bits per heavy atom. The standard InChI is InChI=1S/C21H23ClN4O2/c1-21(12-27,14-7-3-2-4-8-14)25-20(28)16-11-26(15-9-5-6-10-15)19-17(16)18(22)23-13-24-19/h2-4,7-8,11,13,15,27H,5-6,9-10,12H2,1H3,(H,25,28). The van der Waals surface area contributed by atoms with Crippen LogP contribution in [0.5, 0.6) is 0 Å². The second-order valence-corrected chi connectivity index (χ2v) is 7.92. The minimum Gasteiger partial charge on any atom is -0.394 e. The fourth-order valence-electron chi connectivity index (χ4n) is 4.01. The molecule has 146 valence electrons. The lowest BCUT2D eigenvalue weighted by Gasteiger charge is -2.29. The summed E-state index contributed by atoms with van der Waals surface area (Å²) in [6.07, 6.45) is 7.72. The van der Waals surface area contributed by atoms with Crippen LogP contribution in [0, 0.1) is 0 Å². The average molecular weight is 399 g/mol. The van der Waals surface area contributed by atoms with Gasteiger partial charge in [0.05, 0.1) is 23.1 Å². The zero-order chi connectivity index (χ0) is 19.7. The smallest absolute Gasteiger partial charge is 0.254 e. The Hall–Kier alpha value is -2.44. The number of amides is 1. The van der Waals surface area contributed by atoms with E-state index in [9.17, 15) is 9.90 Å². The van der Waals surface area contributed by atoms with Crippen molar-refractivity contribution in [1.82, 2.24) is 19.9 Å². The van der Waals surface area contributed by atoms with Gasteiger partial charge in [-0.1, -0.05) is 54.8 Å². The van der Waals surface area contributed by atoms with Gasteiger partial charge in [-0.15, -0.1) is 0 Å². The molecule has 1 atom stereocenters. The summed E-state index contributed by atoms with van der Waals surface area (Å²) in [5.74, 6) is -0.307. The first-order valence-electron chi connectivity index (χ1n) is 9.53. The van der Waals surface area contributed by atoms with E-state index in [1.807, 2.05) is 36.5 Å². The van der Waals surface area contributed by atoms with Crippen molar-refractivity contribution >= 4 is 28.5 Å². The van der Waals surface area contributed by atoms with Crippen molar-refractivity contribution in [3.05, 3.63) is 59.1 Å². The van der Waals surface area contributed by atoms with Crippen molar-refractivity contribution in [3.8, 4) is 0 Å². The van der Waals surface area contributed by atoms with Gasteiger partial charge in [0.25, 0.3) is 5.91 Å². The summed E-state index contributed by atoms with van der Waals surface area (Å²) in [7, 11) is 0. The van der Waals surface area contributed by atoms with Gasteiger partial charge in [0.1, 0.15) is 17.1 Å². The van der Waals surface area contributed by atoms with Crippen LogP contribution in [0.3, 0.4) is 0 Å². The number of nitrogens with zero attached hydrogens (tertiary/aromatic N) is 3. The van der Waals surface area contributed by atoms with E-state index in [4.69, 9.17) is 11.6 Å². The molecule has 2 N–H and O–H groups in total. The average Bonchev–Trinajstić information content (AvgIpc) is 3.37. The number of carbonyl (C=O) groups excluding carboxylic acids is 1. The van der Waals surface area contributed by atoms with Crippen LogP contribution >= 0.6 is 11.6 Å². The molecular weight excluding hydrogens is 376 g/mol. The SMILES string of the molecule is CC(CO)(NC(=O)c1cn(C2CCCC2)c2ncnc(Cl)c12)c1ccccc1. The first kappa shape index (κ1) is 18.9. The number of fused-ring (bicyclic) bond motifs is 1. The lowest BCUT2D eigenvalue weighted by molar-refractivity contribution is 0.0851. The molecule has 3 aromatic rings. The Labute approximate surface area is 168 Å². The number of aromatic nitrogens is 3. The maximum Gasteiger partial charge on any atom is 0.254 e. The monoisotopic (exact) mass is 398 g/mol. The third-order valence-electron chi connectivity index (χ3n) is 5.64. The number of hydrogen-bond donors (Lipinski definition) is 2. The maximum absolute atomic E-state index is 13.2. The Kier molecular flexibility index (Phi) is 5.08. The molecule has 0 aliphatic heterocycles. The Bertz CT molecular complexity index is 998. The van der Waals surface area contributed by atoms with E-state index >= 15 is 0 Å². The molecule has 7 heteroatoms. The minimum atomic E-state index is -0.914. The van der Waals surface area contributed by atoms with Crippen molar-refractivity contribution in [2.45, 2.75) is 44.2 Å². The molecule has 0 bridgehead atoms. The zero-order valence-electron chi connectivity index (χ0n) is 15.7. The number of aliphatic hydroxyl groups is 1. The molecule has 0 saturated heterocycles. The van der Waals surface area contributed by atoms with Crippen LogP contribution in [-0.2, 0) is 5.54 Å². The van der Waals surface area contributed by atoms with Crippen LogP contribution < -0.4 is 5.32 Å². The lowest BCUT2D eigenvalue weighted by atomic mass is 9.92. The highest BCUT2D eigenvalue weighted by Crippen LogP contribution is 2.35. The van der Waals surface area contributed by atoms with Gasteiger partial charge in [-0.25, -0.2) is 9.97 Å². The van der Waals surface area contributed by atoms with E-state index < -0.39 is 5.54 Å². The molecule has 1 aliphatic rings. The van der Waals surface area contributed by atoms with Crippen molar-refractivity contribution in [2.75, 3.05) is 6.61 Å². The number of benzene rings is 1. The van der Waals surface area contributed by atoms with Gasteiger partial charge >= 0.3 is 0 Å². The summed E-state index contributed by atoms with van der Waals surface area (Å²) in [4.78, 5) is 21.7. The third kappa shape index (κ3) is 3.27. The van der Waals surface area contributed by atoms with Crippen LogP contribution in [0.25, 0.3) is 11.0 Å². The molecule has 2 aromatic heterocycles. The molecule has 28 heavy (non-hydrogen) atoms. The van der Waals surface area contributed by atoms with Crippen LogP contribution in [0.15, 0.2) is 42.9 Å². The Morgan fingerprint density at radius 2 is 2.00 bits per heavy atom. The summed E-state index contributed by atoms with van der Waals surface area (Å²) in [5, 5.41) is 13.8. The quantitative estimate of drug-likeness (QED) is 0.640. The largest absolute Gasteiger partial charge is 0.394 e. The summed E-state index contributed by atoms with van der Waals surface area (Å²) in [5.41, 5.74) is 1.03. The highest BCUT2D eigenvalue weighted by Gasteiger charge is 2.31. The number of halogens is 1. The molecule has 1 aliphatic carbocycles. The molecule has 1 unspecified atom stereocenters. The molecule has 0 spiro atoms. The molecular formula is C21H23ClN4O2. The molecule has 0 radical (unpaired) electrons. The van der Waals surface area contributed by atoms with Gasteiger partial charge in [0.2, 0.25) is 0 Å². The van der Waals surface area contributed by atoms with E-state index in [0.29, 0.717) is 22.6 Å². The van der Waals surface area contributed by atoms with Gasteiger partial charge in [-0.2, -0.15) is 0 Å². The first-order valence-corrected chi connectivity index (χ1v) is 9.91.